The van der Waals surface area contributed by atoms with Crippen LogP contribution in [0, 0.1) is 0 Å². The third kappa shape index (κ3) is 8.84. The molecule has 0 fully saturated rings. The maximum Gasteiger partial charge on any atom is 0.254 e. The fourth-order valence-corrected chi connectivity index (χ4v) is 3.02. The highest BCUT2D eigenvalue weighted by Crippen LogP contribution is 2.15. The van der Waals surface area contributed by atoms with Crippen molar-refractivity contribution in [2.75, 3.05) is 38.7 Å². The molecule has 0 radical (unpaired) electrons. The summed E-state index contributed by atoms with van der Waals surface area (Å²) < 4.78 is 10.7. The predicted octanol–water partition coefficient (Wildman–Crippen LogP) is 3.48. The number of carbonyl (C=O) groups excluding carboxylic acids is 3. The normalized spacial score (nSPS) is 10.3. The Kier molecular flexibility index (Phi) is 10.7. The van der Waals surface area contributed by atoms with Crippen molar-refractivity contribution in [1.82, 2.24) is 10.2 Å². The van der Waals surface area contributed by atoms with Crippen LogP contribution in [0.5, 0.6) is 11.5 Å². The first-order valence-corrected chi connectivity index (χ1v) is 11.2. The first kappa shape index (κ1) is 25.7. The van der Waals surface area contributed by atoms with Gasteiger partial charge < -0.3 is 25.0 Å². The fraction of sp³-hybridized carbons (Fsp3) is 0.400. The van der Waals surface area contributed by atoms with Crippen LogP contribution >= 0.6 is 0 Å². The summed E-state index contributed by atoms with van der Waals surface area (Å²) in [6.45, 7) is 4.78. The van der Waals surface area contributed by atoms with Gasteiger partial charge in [-0.1, -0.05) is 20.3 Å². The first-order chi connectivity index (χ1) is 16.0. The van der Waals surface area contributed by atoms with Crippen LogP contribution in [-0.4, -0.2) is 56.0 Å². The summed E-state index contributed by atoms with van der Waals surface area (Å²) in [5.41, 5.74) is 1.08. The summed E-state index contributed by atoms with van der Waals surface area (Å²) in [6, 6.07) is 13.8. The molecule has 33 heavy (non-hydrogen) atoms. The van der Waals surface area contributed by atoms with E-state index < -0.39 is 5.91 Å². The van der Waals surface area contributed by atoms with Crippen LogP contribution in [0.4, 0.5) is 5.69 Å². The maximum absolute atomic E-state index is 12.9. The second-order valence-electron chi connectivity index (χ2n) is 7.51. The van der Waals surface area contributed by atoms with Crippen molar-refractivity contribution < 1.29 is 23.9 Å². The third-order valence-electron chi connectivity index (χ3n) is 4.80. The van der Waals surface area contributed by atoms with Gasteiger partial charge in [-0.2, -0.15) is 0 Å². The molecule has 2 aromatic rings. The average Bonchev–Trinajstić information content (AvgIpc) is 2.83. The van der Waals surface area contributed by atoms with Crippen LogP contribution in [0.2, 0.25) is 0 Å². The number of ether oxygens (including phenoxy) is 2. The van der Waals surface area contributed by atoms with E-state index in [2.05, 4.69) is 17.6 Å². The molecule has 8 heteroatoms. The number of nitrogens with one attached hydrogen (secondary N) is 2. The van der Waals surface area contributed by atoms with Gasteiger partial charge in [-0.05, 0) is 61.4 Å². The fourth-order valence-electron chi connectivity index (χ4n) is 3.02. The lowest BCUT2D eigenvalue weighted by atomic mass is 10.2. The second-order valence-corrected chi connectivity index (χ2v) is 7.51. The van der Waals surface area contributed by atoms with Gasteiger partial charge >= 0.3 is 0 Å². The zero-order valence-electron chi connectivity index (χ0n) is 19.6. The number of nitrogens with zero attached hydrogens (tertiary/aromatic N) is 1. The van der Waals surface area contributed by atoms with E-state index in [1.54, 1.807) is 55.6 Å². The van der Waals surface area contributed by atoms with Gasteiger partial charge in [0.2, 0.25) is 11.8 Å². The minimum atomic E-state index is -0.402. The van der Waals surface area contributed by atoms with Crippen LogP contribution in [0.3, 0.4) is 0 Å². The van der Waals surface area contributed by atoms with E-state index in [-0.39, 0.29) is 24.9 Å². The molecule has 0 heterocycles. The Bertz CT molecular complexity index is 897. The zero-order chi connectivity index (χ0) is 24.1. The van der Waals surface area contributed by atoms with Crippen LogP contribution in [0.25, 0.3) is 0 Å². The number of hydrogen-bond donors (Lipinski definition) is 2. The largest absolute Gasteiger partial charge is 0.497 e. The van der Waals surface area contributed by atoms with Gasteiger partial charge in [0.25, 0.3) is 5.91 Å². The molecule has 0 saturated heterocycles. The quantitative estimate of drug-likeness (QED) is 0.451. The van der Waals surface area contributed by atoms with Crippen molar-refractivity contribution in [2.24, 2.45) is 0 Å². The highest BCUT2D eigenvalue weighted by Gasteiger charge is 2.18. The third-order valence-corrected chi connectivity index (χ3v) is 4.80. The number of rotatable bonds is 13. The monoisotopic (exact) mass is 455 g/mol. The van der Waals surface area contributed by atoms with Gasteiger partial charge in [-0.3, -0.25) is 14.4 Å². The highest BCUT2D eigenvalue weighted by atomic mass is 16.5. The summed E-state index contributed by atoms with van der Waals surface area (Å²) in [5.74, 6) is 0.389. The molecule has 2 rings (SSSR count). The lowest BCUT2D eigenvalue weighted by molar-refractivity contribution is -0.124. The summed E-state index contributed by atoms with van der Waals surface area (Å²) >= 11 is 0. The SMILES string of the molecule is CCCCOc1ccc(C(=O)N(CCC)CC(=O)NCC(=O)Nc2ccc(OC)cc2)cc1. The smallest absolute Gasteiger partial charge is 0.254 e. The summed E-state index contributed by atoms with van der Waals surface area (Å²) in [5, 5.41) is 5.27. The van der Waals surface area contributed by atoms with Crippen LogP contribution in [0.1, 0.15) is 43.5 Å². The van der Waals surface area contributed by atoms with E-state index in [9.17, 15) is 14.4 Å². The minimum Gasteiger partial charge on any atom is -0.497 e. The van der Waals surface area contributed by atoms with E-state index in [0.717, 1.165) is 12.8 Å². The first-order valence-electron chi connectivity index (χ1n) is 11.2. The number of amides is 3. The molecule has 0 bridgehead atoms. The molecule has 8 nitrogen and oxygen atoms in total. The van der Waals surface area contributed by atoms with Gasteiger partial charge in [-0.15, -0.1) is 0 Å². The molecule has 0 spiro atoms. The molecule has 0 saturated carbocycles. The van der Waals surface area contributed by atoms with Gasteiger partial charge in [0.1, 0.15) is 11.5 Å². The Hall–Kier alpha value is -3.55. The minimum absolute atomic E-state index is 0.128. The topological polar surface area (TPSA) is 97.0 Å². The number of methoxy groups -OCH3 is 1. The lowest BCUT2D eigenvalue weighted by Gasteiger charge is -2.22. The van der Waals surface area contributed by atoms with Crippen molar-refractivity contribution in [2.45, 2.75) is 33.1 Å². The zero-order valence-corrected chi connectivity index (χ0v) is 19.6. The van der Waals surface area contributed by atoms with Gasteiger partial charge in [0.15, 0.2) is 0 Å². The number of carbonyl (C=O) groups is 3. The molecule has 178 valence electrons. The number of hydrogen-bond acceptors (Lipinski definition) is 5. The Balaban J connectivity index is 1.86. The molecule has 0 aliphatic heterocycles. The van der Waals surface area contributed by atoms with Crippen molar-refractivity contribution in [1.29, 1.82) is 0 Å². The van der Waals surface area contributed by atoms with Crippen molar-refractivity contribution in [3.05, 3.63) is 54.1 Å². The van der Waals surface area contributed by atoms with E-state index in [1.165, 1.54) is 4.90 Å². The van der Waals surface area contributed by atoms with E-state index in [0.29, 0.717) is 42.3 Å². The molecule has 2 N–H and O–H groups in total. The molecule has 0 aromatic heterocycles. The summed E-state index contributed by atoms with van der Waals surface area (Å²) in [6.07, 6.45) is 2.72. The molecule has 3 amide bonds. The van der Waals surface area contributed by atoms with E-state index >= 15 is 0 Å². The highest BCUT2D eigenvalue weighted by molar-refractivity contribution is 5.98. The average molecular weight is 456 g/mol. The van der Waals surface area contributed by atoms with Crippen LogP contribution in [0.15, 0.2) is 48.5 Å². The molecule has 0 aliphatic carbocycles. The lowest BCUT2D eigenvalue weighted by Crippen LogP contribution is -2.43. The van der Waals surface area contributed by atoms with Gasteiger partial charge in [0, 0.05) is 17.8 Å². The summed E-state index contributed by atoms with van der Waals surface area (Å²) in [4.78, 5) is 38.9. The second kappa shape index (κ2) is 13.8. The predicted molar refractivity (Wildman–Crippen MR) is 128 cm³/mol. The van der Waals surface area contributed by atoms with Crippen molar-refractivity contribution >= 4 is 23.4 Å². The van der Waals surface area contributed by atoms with E-state index in [1.807, 2.05) is 6.92 Å². The molecule has 0 aliphatic rings. The standard InChI is InChI=1S/C25H33N3O5/c1-4-6-16-33-22-11-7-19(8-12-22)25(31)28(15-5-2)18-24(30)26-17-23(29)27-20-9-13-21(32-3)14-10-20/h7-14H,4-6,15-18H2,1-3H3,(H,26,30)(H,27,29). The molecule has 0 unspecified atom stereocenters. The number of anilines is 1. The maximum atomic E-state index is 12.9. The van der Waals surface area contributed by atoms with Crippen molar-refractivity contribution in [3.63, 3.8) is 0 Å². The van der Waals surface area contributed by atoms with Gasteiger partial charge in [0.05, 0.1) is 26.8 Å². The van der Waals surface area contributed by atoms with E-state index in [4.69, 9.17) is 9.47 Å². The Morgan fingerprint density at radius 3 is 2.15 bits per heavy atom. The molecule has 2 aromatic carbocycles. The number of unbranched alkanes of at least 4 members (excludes halogenated alkanes) is 1. The van der Waals surface area contributed by atoms with Crippen molar-refractivity contribution in [3.8, 4) is 11.5 Å². The van der Waals surface area contributed by atoms with Crippen LogP contribution < -0.4 is 20.1 Å². The molecular weight excluding hydrogens is 422 g/mol. The summed E-state index contributed by atoms with van der Waals surface area (Å²) in [7, 11) is 1.56. The Morgan fingerprint density at radius 1 is 0.879 bits per heavy atom. The number of benzene rings is 2. The van der Waals surface area contributed by atoms with Crippen LogP contribution in [-0.2, 0) is 9.59 Å². The van der Waals surface area contributed by atoms with Gasteiger partial charge in [-0.25, -0.2) is 0 Å². The molecular formula is C25H33N3O5. The Morgan fingerprint density at radius 2 is 1.55 bits per heavy atom. The molecule has 0 atom stereocenters. The Labute approximate surface area is 195 Å².